The van der Waals surface area contributed by atoms with E-state index in [9.17, 15) is 13.6 Å². The maximum atomic E-state index is 12.4. The third-order valence-corrected chi connectivity index (χ3v) is 3.32. The zero-order valence-electron chi connectivity index (χ0n) is 11.0. The number of alkyl halides is 2. The van der Waals surface area contributed by atoms with E-state index in [0.717, 1.165) is 23.9 Å². The predicted molar refractivity (Wildman–Crippen MR) is 64.1 cm³/mol. The lowest BCUT2D eigenvalue weighted by Crippen LogP contribution is -2.37. The molecular weight excluding hydrogens is 240 g/mol. The zero-order valence-corrected chi connectivity index (χ0v) is 11.0. The highest BCUT2D eigenvalue weighted by Gasteiger charge is 2.31. The summed E-state index contributed by atoms with van der Waals surface area (Å²) in [7, 11) is 0. The Kier molecular flexibility index (Phi) is 3.29. The summed E-state index contributed by atoms with van der Waals surface area (Å²) in [6, 6.07) is 0. The topological polar surface area (TPSA) is 39.8 Å². The van der Waals surface area contributed by atoms with Crippen LogP contribution in [0.5, 0.6) is 0 Å². The summed E-state index contributed by atoms with van der Waals surface area (Å²) in [6.45, 7) is 5.06. The number of rotatable bonds is 3. The maximum Gasteiger partial charge on any atom is 0.346 e. The van der Waals surface area contributed by atoms with Crippen LogP contribution in [-0.4, -0.2) is 20.8 Å². The molecule has 0 saturated heterocycles. The quantitative estimate of drug-likeness (QED) is 0.835. The summed E-state index contributed by atoms with van der Waals surface area (Å²) in [6.07, 6.45) is 0.535. The van der Waals surface area contributed by atoms with Crippen molar-refractivity contribution in [3.05, 3.63) is 16.3 Å². The highest BCUT2D eigenvalue weighted by molar-refractivity contribution is 5.04. The number of hydrogen-bond acceptors (Lipinski definition) is 2. The van der Waals surface area contributed by atoms with Crippen LogP contribution in [0.15, 0.2) is 4.79 Å². The normalized spacial score (nSPS) is 17.2. The van der Waals surface area contributed by atoms with Crippen molar-refractivity contribution in [1.29, 1.82) is 0 Å². The molecule has 1 saturated carbocycles. The molecule has 1 aromatic heterocycles. The third kappa shape index (κ3) is 2.33. The predicted octanol–water partition coefficient (Wildman–Crippen LogP) is 2.33. The molecule has 1 aromatic rings. The van der Waals surface area contributed by atoms with Gasteiger partial charge in [-0.05, 0) is 33.6 Å². The van der Waals surface area contributed by atoms with Crippen molar-refractivity contribution < 1.29 is 8.78 Å². The van der Waals surface area contributed by atoms with Gasteiger partial charge in [-0.15, -0.1) is 0 Å². The van der Waals surface area contributed by atoms with Gasteiger partial charge in [0.25, 0.3) is 6.43 Å². The van der Waals surface area contributed by atoms with Gasteiger partial charge in [0.2, 0.25) is 0 Å². The summed E-state index contributed by atoms with van der Waals surface area (Å²) >= 11 is 0. The van der Waals surface area contributed by atoms with Gasteiger partial charge in [0.1, 0.15) is 12.4 Å². The molecule has 1 heterocycles. The maximum absolute atomic E-state index is 12.4. The molecule has 6 heteroatoms. The Morgan fingerprint density at radius 1 is 1.39 bits per heavy atom. The first-order valence-electron chi connectivity index (χ1n) is 6.29. The lowest BCUT2D eigenvalue weighted by molar-refractivity contribution is 0.119. The molecule has 18 heavy (non-hydrogen) atoms. The van der Waals surface area contributed by atoms with Gasteiger partial charge >= 0.3 is 5.69 Å². The number of nitrogens with zero attached hydrogens (tertiary/aromatic N) is 3. The standard InChI is InChI=1S/C12H19F2N3O/c1-12(2,3)17-10(8-5-4-6-8)15-16(11(17)18)7-9(13)14/h8-9H,4-7H2,1-3H3. The van der Waals surface area contributed by atoms with Crippen molar-refractivity contribution in [2.75, 3.05) is 0 Å². The molecule has 0 unspecified atom stereocenters. The van der Waals surface area contributed by atoms with Gasteiger partial charge in [-0.1, -0.05) is 6.42 Å². The van der Waals surface area contributed by atoms with Crippen LogP contribution in [0.25, 0.3) is 0 Å². The van der Waals surface area contributed by atoms with Gasteiger partial charge in [-0.25, -0.2) is 18.3 Å². The first-order chi connectivity index (χ1) is 8.30. The minimum atomic E-state index is -2.56. The Hall–Kier alpha value is -1.20. The number of halogens is 2. The Balaban J connectivity index is 2.47. The van der Waals surface area contributed by atoms with Crippen LogP contribution in [0.3, 0.4) is 0 Å². The third-order valence-electron chi connectivity index (χ3n) is 3.32. The molecule has 1 aliphatic rings. The van der Waals surface area contributed by atoms with E-state index < -0.39 is 24.2 Å². The molecule has 4 nitrogen and oxygen atoms in total. The van der Waals surface area contributed by atoms with Gasteiger partial charge < -0.3 is 0 Å². The molecule has 0 spiro atoms. The fourth-order valence-corrected chi connectivity index (χ4v) is 2.24. The molecule has 0 aromatic carbocycles. The summed E-state index contributed by atoms with van der Waals surface area (Å²) < 4.78 is 27.3. The van der Waals surface area contributed by atoms with E-state index in [1.165, 1.54) is 0 Å². The van der Waals surface area contributed by atoms with Crippen molar-refractivity contribution in [3.63, 3.8) is 0 Å². The second kappa shape index (κ2) is 4.48. The van der Waals surface area contributed by atoms with E-state index in [2.05, 4.69) is 5.10 Å². The molecule has 0 radical (unpaired) electrons. The molecule has 1 fully saturated rings. The van der Waals surface area contributed by atoms with Gasteiger partial charge in [0.05, 0.1) is 0 Å². The highest BCUT2D eigenvalue weighted by atomic mass is 19.3. The second-order valence-corrected chi connectivity index (χ2v) is 5.85. The second-order valence-electron chi connectivity index (χ2n) is 5.85. The number of hydrogen-bond donors (Lipinski definition) is 0. The fourth-order valence-electron chi connectivity index (χ4n) is 2.24. The van der Waals surface area contributed by atoms with E-state index in [-0.39, 0.29) is 5.92 Å². The molecule has 102 valence electrons. The van der Waals surface area contributed by atoms with E-state index in [0.29, 0.717) is 5.82 Å². The molecule has 1 aliphatic carbocycles. The zero-order chi connectivity index (χ0) is 13.5. The summed E-state index contributed by atoms with van der Waals surface area (Å²) in [5.41, 5.74) is -0.854. The number of aromatic nitrogens is 3. The summed E-state index contributed by atoms with van der Waals surface area (Å²) in [5, 5.41) is 4.13. The van der Waals surface area contributed by atoms with Crippen molar-refractivity contribution in [2.45, 2.75) is 64.5 Å². The Labute approximate surface area is 105 Å². The lowest BCUT2D eigenvalue weighted by atomic mass is 9.84. The van der Waals surface area contributed by atoms with Gasteiger partial charge in [-0.2, -0.15) is 5.10 Å². The molecular formula is C12H19F2N3O. The fraction of sp³-hybridized carbons (Fsp3) is 0.833. The van der Waals surface area contributed by atoms with Crippen LogP contribution < -0.4 is 5.69 Å². The SMILES string of the molecule is CC(C)(C)n1c(C2CCC2)nn(CC(F)F)c1=O. The van der Waals surface area contributed by atoms with Crippen LogP contribution in [0.4, 0.5) is 8.78 Å². The lowest BCUT2D eigenvalue weighted by Gasteiger charge is -2.29. The molecule has 0 bridgehead atoms. The van der Waals surface area contributed by atoms with E-state index in [1.54, 1.807) is 4.57 Å². The molecule has 2 rings (SSSR count). The first kappa shape index (κ1) is 13.2. The molecule has 0 N–H and O–H groups in total. The van der Waals surface area contributed by atoms with Crippen LogP contribution in [0.2, 0.25) is 0 Å². The van der Waals surface area contributed by atoms with Gasteiger partial charge in [0, 0.05) is 11.5 Å². The van der Waals surface area contributed by atoms with Crippen molar-refractivity contribution in [1.82, 2.24) is 14.3 Å². The molecule has 0 atom stereocenters. The first-order valence-corrected chi connectivity index (χ1v) is 6.29. The van der Waals surface area contributed by atoms with Crippen molar-refractivity contribution >= 4 is 0 Å². The molecule has 0 aliphatic heterocycles. The van der Waals surface area contributed by atoms with Gasteiger partial charge in [-0.3, -0.25) is 4.57 Å². The smallest absolute Gasteiger partial charge is 0.273 e. The Morgan fingerprint density at radius 3 is 2.39 bits per heavy atom. The summed E-state index contributed by atoms with van der Waals surface area (Å²) in [5.74, 6) is 0.912. The van der Waals surface area contributed by atoms with Crippen LogP contribution in [0.1, 0.15) is 51.8 Å². The molecule has 0 amide bonds. The van der Waals surface area contributed by atoms with Gasteiger partial charge in [0.15, 0.2) is 0 Å². The van der Waals surface area contributed by atoms with E-state index in [4.69, 9.17) is 0 Å². The Morgan fingerprint density at radius 2 is 2.00 bits per heavy atom. The van der Waals surface area contributed by atoms with Crippen molar-refractivity contribution in [3.8, 4) is 0 Å². The monoisotopic (exact) mass is 259 g/mol. The van der Waals surface area contributed by atoms with Crippen LogP contribution in [0, 0.1) is 0 Å². The largest absolute Gasteiger partial charge is 0.346 e. The minimum Gasteiger partial charge on any atom is -0.273 e. The van der Waals surface area contributed by atoms with E-state index >= 15 is 0 Å². The minimum absolute atomic E-state index is 0.246. The van der Waals surface area contributed by atoms with Crippen LogP contribution in [-0.2, 0) is 12.1 Å². The van der Waals surface area contributed by atoms with E-state index in [1.807, 2.05) is 20.8 Å². The summed E-state index contributed by atoms with van der Waals surface area (Å²) in [4.78, 5) is 12.1. The Bertz CT molecular complexity index is 480. The van der Waals surface area contributed by atoms with Crippen LogP contribution >= 0.6 is 0 Å². The highest BCUT2D eigenvalue weighted by Crippen LogP contribution is 2.36. The van der Waals surface area contributed by atoms with Crippen molar-refractivity contribution in [2.24, 2.45) is 0 Å². The average Bonchev–Trinajstić information content (AvgIpc) is 2.38. The average molecular weight is 259 g/mol.